The van der Waals surface area contributed by atoms with Gasteiger partial charge < -0.3 is 60.9 Å². The third-order valence-corrected chi connectivity index (χ3v) is 7.64. The van der Waals surface area contributed by atoms with Crippen LogP contribution in [-0.2, 0) is 57.2 Å². The zero-order valence-corrected chi connectivity index (χ0v) is 32.0. The van der Waals surface area contributed by atoms with Crippen molar-refractivity contribution in [3.63, 3.8) is 0 Å². The highest BCUT2D eigenvalue weighted by atomic mass is 16.6. The molecule has 0 aliphatic heterocycles. The first-order chi connectivity index (χ1) is 27.0. The molecule has 0 bridgehead atoms. The van der Waals surface area contributed by atoms with Crippen LogP contribution in [0.5, 0.6) is 0 Å². The lowest BCUT2D eigenvalue weighted by molar-refractivity contribution is -0.149. The highest BCUT2D eigenvalue weighted by Gasteiger charge is 2.29. The Kier molecular flexibility index (Phi) is 31.8. The summed E-state index contributed by atoms with van der Waals surface area (Å²) < 4.78 is 26.4. The number of carboxylic acids is 1. The first kappa shape index (κ1) is 51.2. The zero-order valence-electron chi connectivity index (χ0n) is 32.0. The van der Waals surface area contributed by atoms with Crippen molar-refractivity contribution in [2.75, 3.05) is 66.1 Å². The maximum absolute atomic E-state index is 13.1. The molecule has 0 fully saturated rings. The summed E-state index contributed by atoms with van der Waals surface area (Å²) in [5.41, 5.74) is 17.1. The Balaban J connectivity index is 5.38. The Morgan fingerprint density at radius 2 is 1.11 bits per heavy atom. The molecule has 21 nitrogen and oxygen atoms in total. The van der Waals surface area contributed by atoms with Crippen molar-refractivity contribution in [2.24, 2.45) is 0 Å². The number of carbonyl (C=O) groups is 7. The highest BCUT2D eigenvalue weighted by Crippen LogP contribution is 2.08. The second-order valence-corrected chi connectivity index (χ2v) is 12.2. The number of nitrogens with zero attached hydrogens (tertiary/aromatic N) is 4. The summed E-state index contributed by atoms with van der Waals surface area (Å²) in [5.74, 6) is -6.20. The number of ketones is 2. The van der Waals surface area contributed by atoms with Crippen LogP contribution in [0.2, 0.25) is 0 Å². The first-order valence-corrected chi connectivity index (χ1v) is 18.6. The molecule has 3 unspecified atom stereocenters. The predicted octanol–water partition coefficient (Wildman–Crippen LogP) is -0.432. The molecule has 0 aromatic rings. The van der Waals surface area contributed by atoms with Crippen LogP contribution in [0.25, 0.3) is 11.1 Å². The van der Waals surface area contributed by atoms with E-state index in [0.29, 0.717) is 38.7 Å². The van der Waals surface area contributed by atoms with Gasteiger partial charge in [-0.2, -0.15) is 9.58 Å². The van der Waals surface area contributed by atoms with Gasteiger partial charge >= 0.3 is 24.4 Å². The summed E-state index contributed by atoms with van der Waals surface area (Å²) in [4.78, 5) is 92.4. The number of ether oxygens (including phenoxy) is 5. The summed E-state index contributed by atoms with van der Waals surface area (Å²) in [5, 5.41) is 25.3. The minimum Gasteiger partial charge on any atom is -0.480 e. The van der Waals surface area contributed by atoms with Crippen LogP contribution >= 0.6 is 0 Å². The van der Waals surface area contributed by atoms with Gasteiger partial charge in [0.15, 0.2) is 0 Å². The van der Waals surface area contributed by atoms with Crippen molar-refractivity contribution in [3.05, 3.63) is 11.1 Å². The molecule has 0 aliphatic rings. The molecule has 5 N–H and O–H groups in total. The Morgan fingerprint density at radius 1 is 0.607 bits per heavy atom. The monoisotopic (exact) mass is 799 g/mol. The molecule has 0 heterocycles. The number of nitrogens with one attached hydrogen (secondary N) is 3. The van der Waals surface area contributed by atoms with Gasteiger partial charge in [0.1, 0.15) is 24.7 Å². The number of aliphatic carboxylic acids is 1. The van der Waals surface area contributed by atoms with Gasteiger partial charge in [-0.3, -0.25) is 24.0 Å². The average molecular weight is 800 g/mol. The second kappa shape index (κ2) is 34.7. The molecular weight excluding hydrogens is 742 g/mol. The summed E-state index contributed by atoms with van der Waals surface area (Å²) in [6.07, 6.45) is 4.57. The third kappa shape index (κ3) is 28.7. The predicted molar refractivity (Wildman–Crippen MR) is 195 cm³/mol. The number of amides is 3. The van der Waals surface area contributed by atoms with Crippen molar-refractivity contribution in [3.8, 4) is 0 Å². The first-order valence-electron chi connectivity index (χ1n) is 18.6. The molecule has 316 valence electrons. The van der Waals surface area contributed by atoms with E-state index in [0.717, 1.165) is 32.1 Å². The fourth-order valence-electron chi connectivity index (χ4n) is 4.70. The standard InChI is InChI=1S/C35H57N7O14/c1-2-3-4-5-6-7-15-56-35(51)30(41-32(47)25-55-22-21-54-20-19-53-18-17-52-16-14-43)12-13-31(46)40-28(10-8-26(44)23-38-36)33(48)42-29(34(49)50)11-9-27(45)24-39-37/h23-24,28-30,43H,2-22,25H2,1H3,(H,40,46)(H,41,47)(H,42,48)(H,49,50). The Bertz CT molecular complexity index is 1310. The fourth-order valence-corrected chi connectivity index (χ4v) is 4.70. The molecule has 0 aliphatic carbocycles. The smallest absolute Gasteiger partial charge is 0.328 e. The maximum Gasteiger partial charge on any atom is 0.328 e. The van der Waals surface area contributed by atoms with Crippen LogP contribution in [-0.4, -0.2) is 158 Å². The number of rotatable bonds is 37. The minimum absolute atomic E-state index is 0.0503. The Morgan fingerprint density at radius 3 is 1.66 bits per heavy atom. The lowest BCUT2D eigenvalue weighted by atomic mass is 10.0. The number of Topliss-reactive ketones (excluding diaryl/α,β-unsaturated/α-hetero) is 2. The van der Waals surface area contributed by atoms with E-state index < -0.39 is 85.2 Å². The van der Waals surface area contributed by atoms with Crippen molar-refractivity contribution in [2.45, 2.75) is 102 Å². The highest BCUT2D eigenvalue weighted by molar-refractivity contribution is 6.25. The molecule has 0 spiro atoms. The van der Waals surface area contributed by atoms with E-state index in [9.17, 15) is 38.7 Å². The van der Waals surface area contributed by atoms with E-state index in [-0.39, 0.29) is 58.9 Å². The number of hydrogen-bond donors (Lipinski definition) is 5. The second-order valence-electron chi connectivity index (χ2n) is 12.2. The quantitative estimate of drug-likeness (QED) is 0.0175. The molecule has 21 heteroatoms. The molecule has 0 saturated carbocycles. The summed E-state index contributed by atoms with van der Waals surface area (Å²) in [6, 6.07) is -4.35. The number of esters is 1. The molecular formula is C35H57N7O14. The number of carbonyl (C=O) groups excluding carboxylic acids is 6. The van der Waals surface area contributed by atoms with E-state index in [1.807, 2.05) is 0 Å². The van der Waals surface area contributed by atoms with Gasteiger partial charge in [0, 0.05) is 19.3 Å². The van der Waals surface area contributed by atoms with E-state index in [4.69, 9.17) is 39.9 Å². The zero-order chi connectivity index (χ0) is 41.8. The molecule has 56 heavy (non-hydrogen) atoms. The van der Waals surface area contributed by atoms with Crippen LogP contribution in [0.15, 0.2) is 0 Å². The van der Waals surface area contributed by atoms with Crippen LogP contribution in [0.4, 0.5) is 0 Å². The van der Waals surface area contributed by atoms with E-state index in [1.165, 1.54) is 0 Å². The topological polar surface area (TPSA) is 315 Å². The molecule has 3 atom stereocenters. The molecule has 0 aromatic carbocycles. The van der Waals surface area contributed by atoms with Gasteiger partial charge in [0.05, 0.1) is 59.5 Å². The van der Waals surface area contributed by atoms with E-state index in [1.54, 1.807) is 0 Å². The van der Waals surface area contributed by atoms with Crippen molar-refractivity contribution in [1.29, 1.82) is 0 Å². The van der Waals surface area contributed by atoms with E-state index >= 15 is 0 Å². The molecule has 0 radical (unpaired) electrons. The van der Waals surface area contributed by atoms with Gasteiger partial charge in [-0.1, -0.05) is 39.0 Å². The van der Waals surface area contributed by atoms with Crippen molar-refractivity contribution in [1.82, 2.24) is 16.0 Å². The molecule has 0 rings (SSSR count). The number of aliphatic hydroxyl groups is 1. The number of carboxylic acid groups (broad SMARTS) is 1. The van der Waals surface area contributed by atoms with Crippen LogP contribution in [0.3, 0.4) is 0 Å². The van der Waals surface area contributed by atoms with Crippen LogP contribution in [0, 0.1) is 0 Å². The van der Waals surface area contributed by atoms with Crippen molar-refractivity contribution < 1.29 is 77.0 Å². The maximum atomic E-state index is 13.1. The van der Waals surface area contributed by atoms with Gasteiger partial charge in [-0.15, -0.1) is 0 Å². The van der Waals surface area contributed by atoms with Gasteiger partial charge in [-0.05, 0) is 25.7 Å². The Labute approximate surface area is 325 Å². The summed E-state index contributed by atoms with van der Waals surface area (Å²) >= 11 is 0. The van der Waals surface area contributed by atoms with E-state index in [2.05, 4.69) is 32.5 Å². The molecule has 0 saturated heterocycles. The van der Waals surface area contributed by atoms with Gasteiger partial charge in [0.2, 0.25) is 29.3 Å². The van der Waals surface area contributed by atoms with Gasteiger partial charge in [-0.25, -0.2) is 9.59 Å². The lowest BCUT2D eigenvalue weighted by Crippen LogP contribution is -2.52. The van der Waals surface area contributed by atoms with Crippen molar-refractivity contribution >= 4 is 53.7 Å². The number of unbranched alkanes of at least 4 members (excludes halogenated alkanes) is 5. The molecule has 0 aromatic heterocycles. The minimum atomic E-state index is -1.59. The molecule has 3 amide bonds. The average Bonchev–Trinajstić information content (AvgIpc) is 3.16. The fraction of sp³-hybridized carbons (Fsp3) is 0.743. The largest absolute Gasteiger partial charge is 0.480 e. The normalized spacial score (nSPS) is 12.2. The van der Waals surface area contributed by atoms with Gasteiger partial charge in [0.25, 0.3) is 0 Å². The van der Waals surface area contributed by atoms with Crippen LogP contribution in [0.1, 0.15) is 84.0 Å². The third-order valence-electron chi connectivity index (χ3n) is 7.64. The Hall–Kier alpha value is -4.75. The number of aliphatic hydroxyl groups excluding tert-OH is 1. The lowest BCUT2D eigenvalue weighted by Gasteiger charge is -2.22. The summed E-state index contributed by atoms with van der Waals surface area (Å²) in [7, 11) is 0. The SMILES string of the molecule is CCCCCCCCOC(=O)C(CCC(=O)NC(CCC(=O)C=[N+]=[N-])C(=O)NC(CCC(=O)C=[N+]=[N-])C(=O)O)NC(=O)COCCOCCOCCOCCO. The summed E-state index contributed by atoms with van der Waals surface area (Å²) in [6.45, 7) is 3.34. The number of hydrogen-bond acceptors (Lipinski definition) is 13. The van der Waals surface area contributed by atoms with Crippen LogP contribution < -0.4 is 16.0 Å².